The van der Waals surface area contributed by atoms with Gasteiger partial charge in [-0.15, -0.1) is 0 Å². The summed E-state index contributed by atoms with van der Waals surface area (Å²) in [5.41, 5.74) is 2.30. The van der Waals surface area contributed by atoms with E-state index in [-0.39, 0.29) is 0 Å². The van der Waals surface area contributed by atoms with Crippen molar-refractivity contribution in [3.8, 4) is 0 Å². The number of benzene rings is 1. The normalized spacial score (nSPS) is 12.8. The van der Waals surface area contributed by atoms with Gasteiger partial charge in [-0.05, 0) is 24.6 Å². The van der Waals surface area contributed by atoms with Gasteiger partial charge in [-0.2, -0.15) is 0 Å². The molecule has 2 aromatic rings. The molecule has 114 valence electrons. The molecule has 0 fully saturated rings. The lowest BCUT2D eigenvalue weighted by Crippen LogP contribution is -2.25. The molecule has 4 nitrogen and oxygen atoms in total. The Morgan fingerprint density at radius 2 is 2.00 bits per heavy atom. The number of nitrogens with zero attached hydrogens (tertiary/aromatic N) is 3. The van der Waals surface area contributed by atoms with E-state index in [1.807, 2.05) is 37.0 Å². The zero-order valence-corrected chi connectivity index (χ0v) is 13.2. The van der Waals surface area contributed by atoms with Crippen molar-refractivity contribution in [2.75, 3.05) is 13.6 Å². The fourth-order valence-corrected chi connectivity index (χ4v) is 2.45. The van der Waals surface area contributed by atoms with Crippen LogP contribution >= 0.6 is 0 Å². The van der Waals surface area contributed by atoms with E-state index in [0.717, 1.165) is 30.8 Å². The largest absolute Gasteiger partial charge is 0.387 e. The number of likely N-dealkylation sites (N-methyl/N-ethyl adjacent to an activating group) is 1. The first kappa shape index (κ1) is 15.7. The molecule has 4 heteroatoms. The minimum Gasteiger partial charge on any atom is -0.387 e. The molecule has 0 saturated heterocycles. The number of aliphatic hydroxyl groups is 1. The van der Waals surface area contributed by atoms with Crippen LogP contribution in [0.5, 0.6) is 0 Å². The number of rotatable bonds is 7. The van der Waals surface area contributed by atoms with Crippen LogP contribution in [0.3, 0.4) is 0 Å². The molecule has 0 aliphatic carbocycles. The summed E-state index contributed by atoms with van der Waals surface area (Å²) in [6, 6.07) is 8.29. The van der Waals surface area contributed by atoms with E-state index in [0.29, 0.717) is 6.54 Å². The Morgan fingerprint density at radius 3 is 2.57 bits per heavy atom. The van der Waals surface area contributed by atoms with Crippen molar-refractivity contribution in [2.45, 2.75) is 32.4 Å². The highest BCUT2D eigenvalue weighted by Gasteiger charge is 2.12. The third-order valence-corrected chi connectivity index (χ3v) is 3.72. The highest BCUT2D eigenvalue weighted by Crippen LogP contribution is 2.16. The van der Waals surface area contributed by atoms with Crippen molar-refractivity contribution in [1.29, 1.82) is 0 Å². The molecule has 0 bridgehead atoms. The molecule has 1 heterocycles. The van der Waals surface area contributed by atoms with Crippen LogP contribution in [-0.4, -0.2) is 33.1 Å². The number of hydrogen-bond acceptors (Lipinski definition) is 3. The van der Waals surface area contributed by atoms with Crippen LogP contribution in [-0.2, 0) is 20.0 Å². The lowest BCUT2D eigenvalue weighted by Gasteiger charge is -2.20. The summed E-state index contributed by atoms with van der Waals surface area (Å²) in [6.07, 6.45) is 5.51. The topological polar surface area (TPSA) is 41.3 Å². The first-order chi connectivity index (χ1) is 10.1. The average molecular weight is 287 g/mol. The second-order valence-electron chi connectivity index (χ2n) is 5.66. The molecule has 0 amide bonds. The van der Waals surface area contributed by atoms with Crippen LogP contribution in [0.2, 0.25) is 0 Å². The lowest BCUT2D eigenvalue weighted by atomic mass is 10.0. The van der Waals surface area contributed by atoms with Gasteiger partial charge in [0, 0.05) is 26.0 Å². The van der Waals surface area contributed by atoms with Gasteiger partial charge in [-0.3, -0.25) is 4.90 Å². The van der Waals surface area contributed by atoms with Crippen LogP contribution in [0.4, 0.5) is 0 Å². The fourth-order valence-electron chi connectivity index (χ4n) is 2.45. The van der Waals surface area contributed by atoms with Gasteiger partial charge in [0.1, 0.15) is 5.82 Å². The van der Waals surface area contributed by atoms with Crippen molar-refractivity contribution < 1.29 is 5.11 Å². The van der Waals surface area contributed by atoms with Crippen LogP contribution in [0, 0.1) is 0 Å². The summed E-state index contributed by atoms with van der Waals surface area (Å²) in [5, 5.41) is 10.3. The smallest absolute Gasteiger partial charge is 0.122 e. The molecular formula is C17H25N3O. The zero-order chi connectivity index (χ0) is 15.2. The Morgan fingerprint density at radius 1 is 1.29 bits per heavy atom. The molecule has 1 N–H and O–H groups in total. The molecule has 1 aromatic carbocycles. The van der Waals surface area contributed by atoms with E-state index in [1.54, 1.807) is 6.20 Å². The molecule has 1 atom stereocenters. The van der Waals surface area contributed by atoms with E-state index in [9.17, 15) is 5.11 Å². The Hall–Kier alpha value is -1.65. The minimum absolute atomic E-state index is 0.467. The summed E-state index contributed by atoms with van der Waals surface area (Å²) in [7, 11) is 3.99. The highest BCUT2D eigenvalue weighted by molar-refractivity contribution is 5.24. The van der Waals surface area contributed by atoms with Gasteiger partial charge < -0.3 is 9.67 Å². The van der Waals surface area contributed by atoms with Crippen molar-refractivity contribution in [2.24, 2.45) is 7.05 Å². The third kappa shape index (κ3) is 4.41. The van der Waals surface area contributed by atoms with Crippen molar-refractivity contribution >= 4 is 0 Å². The molecule has 2 rings (SSSR count). The number of aromatic nitrogens is 2. The molecule has 0 aliphatic rings. The Balaban J connectivity index is 1.91. The van der Waals surface area contributed by atoms with Gasteiger partial charge in [-0.1, -0.05) is 37.6 Å². The quantitative estimate of drug-likeness (QED) is 0.851. The summed E-state index contributed by atoms with van der Waals surface area (Å²) in [4.78, 5) is 6.40. The minimum atomic E-state index is -0.467. The zero-order valence-electron chi connectivity index (χ0n) is 13.2. The van der Waals surface area contributed by atoms with Crippen LogP contribution in [0.15, 0.2) is 36.7 Å². The molecule has 1 aromatic heterocycles. The monoisotopic (exact) mass is 287 g/mol. The highest BCUT2D eigenvalue weighted by atomic mass is 16.3. The predicted molar refractivity (Wildman–Crippen MR) is 84.9 cm³/mol. The van der Waals surface area contributed by atoms with Gasteiger partial charge in [0.15, 0.2) is 0 Å². The maximum atomic E-state index is 10.3. The fraction of sp³-hybridized carbons (Fsp3) is 0.471. The van der Waals surface area contributed by atoms with E-state index < -0.39 is 6.10 Å². The summed E-state index contributed by atoms with van der Waals surface area (Å²) in [5.74, 6) is 1.00. The van der Waals surface area contributed by atoms with E-state index >= 15 is 0 Å². The summed E-state index contributed by atoms with van der Waals surface area (Å²) >= 11 is 0. The maximum Gasteiger partial charge on any atom is 0.122 e. The Labute approximate surface area is 127 Å². The lowest BCUT2D eigenvalue weighted by molar-refractivity contribution is 0.122. The third-order valence-electron chi connectivity index (χ3n) is 3.72. The summed E-state index contributed by atoms with van der Waals surface area (Å²) in [6.45, 7) is 3.50. The van der Waals surface area contributed by atoms with Crippen molar-refractivity contribution in [1.82, 2.24) is 14.5 Å². The van der Waals surface area contributed by atoms with Gasteiger partial charge in [0.2, 0.25) is 0 Å². The summed E-state index contributed by atoms with van der Waals surface area (Å²) < 4.78 is 2.00. The van der Waals surface area contributed by atoms with E-state index in [2.05, 4.69) is 28.9 Å². The molecule has 0 aliphatic heterocycles. The number of imidazole rings is 1. The predicted octanol–water partition coefficient (Wildman–Crippen LogP) is 2.54. The molecule has 1 unspecified atom stereocenters. The molecule has 0 spiro atoms. The van der Waals surface area contributed by atoms with Crippen molar-refractivity contribution in [3.05, 3.63) is 53.6 Å². The Kier molecular flexibility index (Phi) is 5.53. The van der Waals surface area contributed by atoms with Crippen LogP contribution in [0.1, 0.15) is 36.4 Å². The molecule has 0 radical (unpaired) electrons. The second kappa shape index (κ2) is 7.38. The van der Waals surface area contributed by atoms with Crippen LogP contribution in [0.25, 0.3) is 0 Å². The molecule has 21 heavy (non-hydrogen) atoms. The van der Waals surface area contributed by atoms with Gasteiger partial charge in [0.05, 0.1) is 12.6 Å². The van der Waals surface area contributed by atoms with E-state index in [4.69, 9.17) is 0 Å². The van der Waals surface area contributed by atoms with Crippen molar-refractivity contribution in [3.63, 3.8) is 0 Å². The molecule has 0 saturated carbocycles. The van der Waals surface area contributed by atoms with Gasteiger partial charge in [0.25, 0.3) is 0 Å². The SMILES string of the molecule is CCCc1ccc(C(O)CN(C)Cc2nccn2C)cc1. The number of aliphatic hydroxyl groups excluding tert-OH is 1. The van der Waals surface area contributed by atoms with E-state index in [1.165, 1.54) is 5.56 Å². The first-order valence-corrected chi connectivity index (χ1v) is 7.51. The van der Waals surface area contributed by atoms with Gasteiger partial charge >= 0.3 is 0 Å². The van der Waals surface area contributed by atoms with Crippen LogP contribution < -0.4 is 0 Å². The maximum absolute atomic E-state index is 10.3. The number of aryl methyl sites for hydroxylation is 2. The molecular weight excluding hydrogens is 262 g/mol. The van der Waals surface area contributed by atoms with Gasteiger partial charge in [-0.25, -0.2) is 4.98 Å². The Bertz CT molecular complexity index is 547. The standard InChI is InChI=1S/C17H25N3O/c1-4-5-14-6-8-15(9-7-14)16(21)12-19(2)13-17-18-10-11-20(17)3/h6-11,16,21H,4-5,12-13H2,1-3H3. The number of hydrogen-bond donors (Lipinski definition) is 1. The second-order valence-corrected chi connectivity index (χ2v) is 5.66. The average Bonchev–Trinajstić information content (AvgIpc) is 2.85. The first-order valence-electron chi connectivity index (χ1n) is 7.51.